The molecule has 1 aromatic carbocycles. The number of aliphatic hydroxyl groups excluding tert-OH is 1. The number of nitrogens with one attached hydrogen (secondary N) is 1. The van der Waals surface area contributed by atoms with Crippen LogP contribution in [0.25, 0.3) is 5.69 Å². The van der Waals surface area contributed by atoms with Gasteiger partial charge in [-0.05, 0) is 56.2 Å². The minimum absolute atomic E-state index is 0.345. The molecule has 0 spiro atoms. The largest absolute Gasteiger partial charge is 0.396 e. The number of aromatic nitrogens is 2. The first kappa shape index (κ1) is 15.3. The molecule has 1 saturated carbocycles. The molecule has 0 saturated heterocycles. The highest BCUT2D eigenvalue weighted by Gasteiger charge is 2.21. The quantitative estimate of drug-likeness (QED) is 0.892. The van der Waals surface area contributed by atoms with Crippen molar-refractivity contribution < 1.29 is 5.11 Å². The molecule has 0 amide bonds. The molecule has 1 aliphatic carbocycles. The van der Waals surface area contributed by atoms with Crippen LogP contribution in [0, 0.1) is 5.92 Å². The molecule has 22 heavy (non-hydrogen) atoms. The van der Waals surface area contributed by atoms with Gasteiger partial charge in [-0.25, -0.2) is 4.98 Å². The molecule has 1 unspecified atom stereocenters. The molecule has 4 nitrogen and oxygen atoms in total. The summed E-state index contributed by atoms with van der Waals surface area (Å²) in [7, 11) is 0. The number of hydrogen-bond donors (Lipinski definition) is 2. The topological polar surface area (TPSA) is 50.1 Å². The van der Waals surface area contributed by atoms with Crippen molar-refractivity contribution in [1.82, 2.24) is 14.9 Å². The lowest BCUT2D eigenvalue weighted by Gasteiger charge is -2.30. The summed E-state index contributed by atoms with van der Waals surface area (Å²) in [4.78, 5) is 4.08. The number of imidazole rings is 1. The fourth-order valence-electron chi connectivity index (χ4n) is 3.31. The lowest BCUT2D eigenvalue weighted by Crippen LogP contribution is -2.35. The van der Waals surface area contributed by atoms with Crippen molar-refractivity contribution in [3.63, 3.8) is 0 Å². The average Bonchev–Trinajstić information content (AvgIpc) is 3.10. The van der Waals surface area contributed by atoms with Gasteiger partial charge in [-0.1, -0.05) is 12.1 Å². The second-order valence-corrected chi connectivity index (χ2v) is 6.35. The Hall–Kier alpha value is -1.65. The molecule has 0 radical (unpaired) electrons. The molecule has 0 bridgehead atoms. The predicted octanol–water partition coefficient (Wildman–Crippen LogP) is 3.07. The van der Waals surface area contributed by atoms with Gasteiger partial charge in [0.15, 0.2) is 0 Å². The number of benzene rings is 1. The van der Waals surface area contributed by atoms with E-state index in [0.29, 0.717) is 24.6 Å². The third-order valence-electron chi connectivity index (χ3n) is 4.79. The first-order chi connectivity index (χ1) is 10.8. The van der Waals surface area contributed by atoms with E-state index in [0.717, 1.165) is 18.5 Å². The van der Waals surface area contributed by atoms with Crippen molar-refractivity contribution >= 4 is 0 Å². The van der Waals surface area contributed by atoms with Crippen molar-refractivity contribution in [2.45, 2.75) is 44.7 Å². The fourth-order valence-corrected chi connectivity index (χ4v) is 3.31. The van der Waals surface area contributed by atoms with Crippen molar-refractivity contribution in [1.29, 1.82) is 0 Å². The monoisotopic (exact) mass is 299 g/mol. The van der Waals surface area contributed by atoms with Gasteiger partial charge in [-0.2, -0.15) is 0 Å². The Morgan fingerprint density at radius 1 is 1.23 bits per heavy atom. The van der Waals surface area contributed by atoms with Crippen LogP contribution in [0.3, 0.4) is 0 Å². The van der Waals surface area contributed by atoms with E-state index in [1.54, 1.807) is 6.20 Å². The van der Waals surface area contributed by atoms with Crippen molar-refractivity contribution in [2.24, 2.45) is 5.92 Å². The van der Waals surface area contributed by atoms with Gasteiger partial charge in [0.05, 0.1) is 6.33 Å². The summed E-state index contributed by atoms with van der Waals surface area (Å²) >= 11 is 0. The van der Waals surface area contributed by atoms with E-state index in [4.69, 9.17) is 0 Å². The van der Waals surface area contributed by atoms with E-state index >= 15 is 0 Å². The van der Waals surface area contributed by atoms with E-state index in [-0.39, 0.29) is 0 Å². The maximum atomic E-state index is 9.21. The zero-order valence-electron chi connectivity index (χ0n) is 13.2. The van der Waals surface area contributed by atoms with E-state index in [1.807, 2.05) is 17.1 Å². The highest BCUT2D eigenvalue weighted by Crippen LogP contribution is 2.26. The molecule has 1 aromatic heterocycles. The smallest absolute Gasteiger partial charge is 0.0991 e. The SMILES string of the molecule is CC(NC1CCC(CO)CC1)c1ccc(-n2ccnc2)cc1. The average molecular weight is 299 g/mol. The van der Waals surface area contributed by atoms with Crippen molar-refractivity contribution in [3.05, 3.63) is 48.5 Å². The Morgan fingerprint density at radius 2 is 1.95 bits per heavy atom. The molecule has 1 atom stereocenters. The molecule has 1 aliphatic rings. The zero-order valence-corrected chi connectivity index (χ0v) is 13.2. The van der Waals surface area contributed by atoms with E-state index in [9.17, 15) is 5.11 Å². The molecule has 3 rings (SSSR count). The van der Waals surface area contributed by atoms with Crippen LogP contribution >= 0.6 is 0 Å². The Kier molecular flexibility index (Phi) is 4.90. The molecule has 1 heterocycles. The zero-order chi connectivity index (χ0) is 15.4. The van der Waals surface area contributed by atoms with Gasteiger partial charge in [0.1, 0.15) is 0 Å². The molecule has 118 valence electrons. The highest BCUT2D eigenvalue weighted by atomic mass is 16.3. The Balaban J connectivity index is 1.57. The minimum Gasteiger partial charge on any atom is -0.396 e. The normalized spacial score (nSPS) is 23.4. The summed E-state index contributed by atoms with van der Waals surface area (Å²) in [6.45, 7) is 2.57. The standard InChI is InChI=1S/C18H25N3O/c1-14(20-17-6-2-15(12-22)3-7-17)16-4-8-18(9-5-16)21-11-10-19-13-21/h4-5,8-11,13-15,17,20,22H,2-3,6-7,12H2,1H3. The summed E-state index contributed by atoms with van der Waals surface area (Å²) in [6.07, 6.45) is 10.2. The Labute approximate surface area is 132 Å². The minimum atomic E-state index is 0.345. The van der Waals surface area contributed by atoms with Crippen molar-refractivity contribution in [2.75, 3.05) is 6.61 Å². The molecule has 2 N–H and O–H groups in total. The van der Waals surface area contributed by atoms with Gasteiger partial charge >= 0.3 is 0 Å². The lowest BCUT2D eigenvalue weighted by molar-refractivity contribution is 0.172. The summed E-state index contributed by atoms with van der Waals surface area (Å²) in [5.41, 5.74) is 2.45. The molecular weight excluding hydrogens is 274 g/mol. The number of nitrogens with zero attached hydrogens (tertiary/aromatic N) is 2. The predicted molar refractivity (Wildman–Crippen MR) is 87.9 cm³/mol. The van der Waals surface area contributed by atoms with Gasteiger partial charge < -0.3 is 15.0 Å². The second kappa shape index (κ2) is 7.07. The Bertz CT molecular complexity index is 557. The molecule has 0 aliphatic heterocycles. The second-order valence-electron chi connectivity index (χ2n) is 6.35. The fraction of sp³-hybridized carbons (Fsp3) is 0.500. The first-order valence-corrected chi connectivity index (χ1v) is 8.21. The number of rotatable bonds is 5. The number of hydrogen-bond acceptors (Lipinski definition) is 3. The lowest BCUT2D eigenvalue weighted by atomic mass is 9.86. The summed E-state index contributed by atoms with van der Waals surface area (Å²) in [6, 6.07) is 9.58. The molecule has 1 fully saturated rings. The van der Waals surface area contributed by atoms with Gasteiger partial charge in [-0.3, -0.25) is 0 Å². The van der Waals surface area contributed by atoms with Gasteiger partial charge in [0.2, 0.25) is 0 Å². The summed E-state index contributed by atoms with van der Waals surface area (Å²) in [5.74, 6) is 0.516. The number of aliphatic hydroxyl groups is 1. The van der Waals surface area contributed by atoms with Crippen LogP contribution in [0.1, 0.15) is 44.2 Å². The molecule has 2 aromatic rings. The van der Waals surface area contributed by atoms with Crippen LogP contribution < -0.4 is 5.32 Å². The van der Waals surface area contributed by atoms with E-state index in [1.165, 1.54) is 18.4 Å². The van der Waals surface area contributed by atoms with Crippen LogP contribution in [0.15, 0.2) is 43.0 Å². The van der Waals surface area contributed by atoms with Gasteiger partial charge in [0.25, 0.3) is 0 Å². The molecular formula is C18H25N3O. The van der Waals surface area contributed by atoms with Crippen LogP contribution in [-0.2, 0) is 0 Å². The highest BCUT2D eigenvalue weighted by molar-refractivity contribution is 5.35. The third kappa shape index (κ3) is 3.57. The van der Waals surface area contributed by atoms with E-state index < -0.39 is 0 Å². The maximum Gasteiger partial charge on any atom is 0.0991 e. The summed E-state index contributed by atoms with van der Waals surface area (Å²) < 4.78 is 2.01. The van der Waals surface area contributed by atoms with Crippen molar-refractivity contribution in [3.8, 4) is 5.69 Å². The van der Waals surface area contributed by atoms with Crippen LogP contribution in [0.2, 0.25) is 0 Å². The van der Waals surface area contributed by atoms with Gasteiger partial charge in [-0.15, -0.1) is 0 Å². The Morgan fingerprint density at radius 3 is 2.55 bits per heavy atom. The van der Waals surface area contributed by atoms with Crippen LogP contribution in [0.4, 0.5) is 0 Å². The van der Waals surface area contributed by atoms with Crippen LogP contribution in [0.5, 0.6) is 0 Å². The maximum absolute atomic E-state index is 9.21. The summed E-state index contributed by atoms with van der Waals surface area (Å²) in [5, 5.41) is 12.9. The van der Waals surface area contributed by atoms with Gasteiger partial charge in [0, 0.05) is 36.8 Å². The molecule has 4 heteroatoms. The first-order valence-electron chi connectivity index (χ1n) is 8.21. The van der Waals surface area contributed by atoms with E-state index in [2.05, 4.69) is 41.5 Å². The third-order valence-corrected chi connectivity index (χ3v) is 4.79. The van der Waals surface area contributed by atoms with Crippen LogP contribution in [-0.4, -0.2) is 27.3 Å².